The molecule has 8 aromatic rings. The van der Waals surface area contributed by atoms with Gasteiger partial charge in [-0.25, -0.2) is 23.1 Å². The van der Waals surface area contributed by atoms with E-state index in [1.54, 1.807) is 65.6 Å². The van der Waals surface area contributed by atoms with E-state index in [1.165, 1.54) is 21.5 Å². The molecular formula is C49H52F2N10O5. The Balaban J connectivity index is 0.00000511. The lowest BCUT2D eigenvalue weighted by Crippen LogP contribution is -2.41. The molecule has 0 bridgehead atoms. The number of fused-ring (bicyclic) bond motifs is 3. The van der Waals surface area contributed by atoms with E-state index in [1.807, 2.05) is 17.6 Å². The van der Waals surface area contributed by atoms with Crippen molar-refractivity contribution in [3.8, 4) is 17.2 Å². The third-order valence-corrected chi connectivity index (χ3v) is 14.2. The zero-order valence-corrected chi connectivity index (χ0v) is 37.1. The average molecular weight is 899 g/mol. The number of hydrogen-bond donors (Lipinski definition) is 1. The van der Waals surface area contributed by atoms with E-state index >= 15 is 13.6 Å². The van der Waals surface area contributed by atoms with Crippen LogP contribution in [0.5, 0.6) is 0 Å². The monoisotopic (exact) mass is 898 g/mol. The lowest BCUT2D eigenvalue weighted by Gasteiger charge is -2.35. The van der Waals surface area contributed by atoms with E-state index in [-0.39, 0.29) is 47.7 Å². The van der Waals surface area contributed by atoms with Gasteiger partial charge < -0.3 is 14.2 Å². The average Bonchev–Trinajstić information content (AvgIpc) is 3.90. The molecule has 17 heteroatoms. The first-order valence-corrected chi connectivity index (χ1v) is 22.0. The normalized spacial score (nSPS) is 21.3. The molecule has 0 spiro atoms. The predicted molar refractivity (Wildman–Crippen MR) is 244 cm³/mol. The smallest absolute Gasteiger partial charge is 0.376 e. The van der Waals surface area contributed by atoms with Crippen molar-refractivity contribution in [1.29, 1.82) is 0 Å². The summed E-state index contributed by atoms with van der Waals surface area (Å²) >= 11 is 0. The van der Waals surface area contributed by atoms with Crippen LogP contribution in [0.15, 0.2) is 81.2 Å². The standard InChI is InChI=1S/C48H48F2N10O5.CH4/c1-25-18-32(19-26(2)40(25)49)60-42(58-16-15-57(46(58)63)37-11-10-36-33(41(37)50)24-51-55(36)7)39-28(4)56(14-12-34(39)53-60)43(61)38-21-31-20-29(30-13-17-64-47(5,6)23-30)8-9-35(31)59(38)48(22-27(48)3)44-52-45(62)65-54-44;/h8-11,15-16,18-21,24,27-28,30H,12-14,17,22-23H2,1-7H3,(H,52,54,62);1H4. The summed E-state index contributed by atoms with van der Waals surface area (Å²) in [5.41, 5.74) is 3.92. The number of hydrogen-bond acceptors (Lipinski definition) is 8. The maximum atomic E-state index is 16.1. The van der Waals surface area contributed by atoms with Crippen molar-refractivity contribution in [2.45, 2.75) is 97.8 Å². The first-order valence-electron chi connectivity index (χ1n) is 22.0. The maximum Gasteiger partial charge on any atom is 0.438 e. The number of nitrogens with one attached hydrogen (secondary N) is 1. The molecule has 1 aliphatic carbocycles. The van der Waals surface area contributed by atoms with Crippen LogP contribution in [0.1, 0.15) is 111 Å². The van der Waals surface area contributed by atoms with Crippen LogP contribution in [-0.4, -0.2) is 73.0 Å². The largest absolute Gasteiger partial charge is 0.438 e. The highest BCUT2D eigenvalue weighted by Gasteiger charge is 2.59. The Labute approximate surface area is 378 Å². The van der Waals surface area contributed by atoms with Crippen molar-refractivity contribution in [3.63, 3.8) is 0 Å². The minimum absolute atomic E-state index is 0. The second kappa shape index (κ2) is 15.1. The van der Waals surface area contributed by atoms with Gasteiger partial charge in [0.05, 0.1) is 45.8 Å². The van der Waals surface area contributed by atoms with E-state index in [0.29, 0.717) is 76.9 Å². The molecule has 1 saturated carbocycles. The van der Waals surface area contributed by atoms with Crippen molar-refractivity contribution < 1.29 is 22.8 Å². The third kappa shape index (κ3) is 6.36. The number of halogens is 2. The Hall–Kier alpha value is -6.88. The SMILES string of the molecule is C.Cc1cc(-n2nc3c(c2-n2ccn(-c4ccc5c(cnn5C)c4F)c2=O)C(C)N(C(=O)c2cc4cc(C5CCOC(C)(C)C5)ccc4n2C2(c4noc(=O)[nH]4)CC2C)CC3)cc(C)c1F. The Kier molecular flexibility index (Phi) is 9.84. The number of H-pyrrole nitrogens is 1. The van der Waals surface area contributed by atoms with Crippen LogP contribution in [0.25, 0.3) is 39.0 Å². The summed E-state index contributed by atoms with van der Waals surface area (Å²) in [6, 6.07) is 14.3. The molecule has 66 heavy (non-hydrogen) atoms. The number of carbonyl (C=O) groups is 1. The summed E-state index contributed by atoms with van der Waals surface area (Å²) in [6.45, 7) is 12.5. The van der Waals surface area contributed by atoms with Crippen LogP contribution in [-0.2, 0) is 23.7 Å². The van der Waals surface area contributed by atoms with E-state index in [2.05, 4.69) is 54.2 Å². The molecule has 1 saturated heterocycles. The first-order chi connectivity index (χ1) is 31.1. The predicted octanol–water partition coefficient (Wildman–Crippen LogP) is 8.08. The van der Waals surface area contributed by atoms with Gasteiger partial charge in [0.25, 0.3) is 5.91 Å². The molecule has 4 unspecified atom stereocenters. The van der Waals surface area contributed by atoms with E-state index in [4.69, 9.17) is 14.4 Å². The zero-order valence-electron chi connectivity index (χ0n) is 37.1. The number of carbonyl (C=O) groups excluding carboxylic acids is 1. The van der Waals surface area contributed by atoms with E-state index in [9.17, 15) is 9.59 Å². The highest BCUT2D eigenvalue weighted by atomic mass is 19.1. The molecule has 7 heterocycles. The summed E-state index contributed by atoms with van der Waals surface area (Å²) < 4.78 is 50.2. The van der Waals surface area contributed by atoms with Gasteiger partial charge >= 0.3 is 11.4 Å². The summed E-state index contributed by atoms with van der Waals surface area (Å²) in [7, 11) is 1.72. The topological polar surface area (TPSA) is 156 Å². The fourth-order valence-corrected chi connectivity index (χ4v) is 10.8. The molecule has 1 N–H and O–H groups in total. The molecule has 3 aromatic carbocycles. The molecule has 5 aromatic heterocycles. The van der Waals surface area contributed by atoms with Gasteiger partial charge in [-0.1, -0.05) is 25.6 Å². The second-order valence-corrected chi connectivity index (χ2v) is 18.8. The summed E-state index contributed by atoms with van der Waals surface area (Å²) in [5.74, 6) is -0.925. The highest BCUT2D eigenvalue weighted by molar-refractivity contribution is 6.00. The highest BCUT2D eigenvalue weighted by Crippen LogP contribution is 2.56. The lowest BCUT2D eigenvalue weighted by atomic mass is 9.83. The number of ether oxygens (including phenoxy) is 1. The quantitative estimate of drug-likeness (QED) is 0.168. The number of benzene rings is 3. The molecule has 11 rings (SSSR count). The Bertz CT molecular complexity index is 3380. The van der Waals surface area contributed by atoms with Gasteiger partial charge in [-0.2, -0.15) is 10.2 Å². The van der Waals surface area contributed by atoms with Gasteiger partial charge in [0.1, 0.15) is 22.9 Å². The van der Waals surface area contributed by atoms with Gasteiger partial charge in [0, 0.05) is 55.5 Å². The Morgan fingerprint density at radius 2 is 1.67 bits per heavy atom. The number of aromatic nitrogens is 9. The molecular weight excluding hydrogens is 847 g/mol. The molecule has 342 valence electrons. The molecule has 0 radical (unpaired) electrons. The van der Waals surface area contributed by atoms with Crippen molar-refractivity contribution in [2.24, 2.45) is 13.0 Å². The van der Waals surface area contributed by atoms with Crippen LogP contribution < -0.4 is 11.4 Å². The zero-order chi connectivity index (χ0) is 45.4. The van der Waals surface area contributed by atoms with E-state index < -0.39 is 28.8 Å². The van der Waals surface area contributed by atoms with Gasteiger partial charge in [-0.05, 0) is 125 Å². The van der Waals surface area contributed by atoms with Crippen molar-refractivity contribution in [3.05, 3.63) is 139 Å². The number of imidazole rings is 1. The van der Waals surface area contributed by atoms with Gasteiger partial charge in [-0.3, -0.25) is 28.1 Å². The van der Waals surface area contributed by atoms with Gasteiger partial charge in [0.15, 0.2) is 11.6 Å². The number of nitrogens with zero attached hydrogens (tertiary/aromatic N) is 9. The maximum absolute atomic E-state index is 16.1. The van der Waals surface area contributed by atoms with Crippen molar-refractivity contribution in [1.82, 2.24) is 48.3 Å². The van der Waals surface area contributed by atoms with Crippen LogP contribution in [0, 0.1) is 31.4 Å². The number of amides is 1. The minimum atomic E-state index is -0.857. The third-order valence-electron chi connectivity index (χ3n) is 14.2. The number of aromatic amines is 1. The van der Waals surface area contributed by atoms with Crippen LogP contribution >= 0.6 is 0 Å². The number of aryl methyl sites for hydroxylation is 3. The van der Waals surface area contributed by atoms with Crippen molar-refractivity contribution >= 4 is 27.7 Å². The fraction of sp³-hybridized carbons (Fsp3) is 0.388. The van der Waals surface area contributed by atoms with Crippen LogP contribution in [0.2, 0.25) is 0 Å². The minimum Gasteiger partial charge on any atom is -0.376 e. The summed E-state index contributed by atoms with van der Waals surface area (Å²) in [6.07, 6.45) is 7.17. The summed E-state index contributed by atoms with van der Waals surface area (Å²) in [4.78, 5) is 47.2. The fourth-order valence-electron chi connectivity index (χ4n) is 10.8. The molecule has 15 nitrogen and oxygen atoms in total. The van der Waals surface area contributed by atoms with Gasteiger partial charge in [-0.15, -0.1) is 0 Å². The van der Waals surface area contributed by atoms with Crippen molar-refractivity contribution in [2.75, 3.05) is 13.2 Å². The second-order valence-electron chi connectivity index (χ2n) is 18.8. The Morgan fingerprint density at radius 3 is 2.36 bits per heavy atom. The first kappa shape index (κ1) is 43.0. The molecule has 3 aliphatic rings. The van der Waals surface area contributed by atoms with Crippen LogP contribution in [0.4, 0.5) is 8.78 Å². The van der Waals surface area contributed by atoms with E-state index in [0.717, 1.165) is 29.3 Å². The van der Waals surface area contributed by atoms with Crippen LogP contribution in [0.3, 0.4) is 0 Å². The van der Waals surface area contributed by atoms with Gasteiger partial charge in [0.2, 0.25) is 0 Å². The Morgan fingerprint density at radius 1 is 0.939 bits per heavy atom. The molecule has 2 aliphatic heterocycles. The molecule has 4 atom stereocenters. The molecule has 2 fully saturated rings. The lowest BCUT2D eigenvalue weighted by molar-refractivity contribution is -0.0592. The number of rotatable bonds is 7. The molecule has 1 amide bonds. The summed E-state index contributed by atoms with van der Waals surface area (Å²) in [5, 5.41) is 14.6.